The Kier molecular flexibility index (Phi) is 6.29. The normalized spacial score (nSPS) is 11.2. The highest BCUT2D eigenvalue weighted by Gasteiger charge is 2.16. The van der Waals surface area contributed by atoms with E-state index in [4.69, 9.17) is 14.8 Å². The molecule has 3 aromatic carbocycles. The Bertz CT molecular complexity index is 1550. The van der Waals surface area contributed by atoms with E-state index >= 15 is 0 Å². The van der Waals surface area contributed by atoms with E-state index in [1.807, 2.05) is 48.3 Å². The molecule has 0 bridgehead atoms. The van der Waals surface area contributed by atoms with E-state index in [1.165, 1.54) is 0 Å². The van der Waals surface area contributed by atoms with Gasteiger partial charge in [0.05, 0.1) is 11.0 Å². The summed E-state index contributed by atoms with van der Waals surface area (Å²) in [7, 11) is 2.00. The van der Waals surface area contributed by atoms with Crippen molar-refractivity contribution in [1.82, 2.24) is 19.1 Å². The Hall–Kier alpha value is -4.39. The van der Waals surface area contributed by atoms with Crippen LogP contribution < -0.4 is 4.74 Å². The van der Waals surface area contributed by atoms with Crippen LogP contribution in [-0.4, -0.2) is 30.4 Å². The maximum atomic E-state index is 11.1. The lowest BCUT2D eigenvalue weighted by Gasteiger charge is -2.12. The van der Waals surface area contributed by atoms with E-state index < -0.39 is 6.16 Å². The number of hydrogen-bond donors (Lipinski definition) is 1. The van der Waals surface area contributed by atoms with Crippen molar-refractivity contribution in [2.45, 2.75) is 33.2 Å². The second-order valence-electron chi connectivity index (χ2n) is 8.95. The Labute approximate surface area is 209 Å². The maximum Gasteiger partial charge on any atom is 0.511 e. The molecule has 0 atom stereocenters. The molecule has 0 amide bonds. The minimum Gasteiger partial charge on any atom is -0.449 e. The summed E-state index contributed by atoms with van der Waals surface area (Å²) in [5.74, 6) is 2.31. The van der Waals surface area contributed by atoms with E-state index in [9.17, 15) is 4.79 Å². The second-order valence-corrected chi connectivity index (χ2v) is 8.95. The fraction of sp³-hybridized carbons (Fsp3) is 0.207. The zero-order valence-corrected chi connectivity index (χ0v) is 20.6. The lowest BCUT2D eigenvalue weighted by Crippen LogP contribution is -2.05. The summed E-state index contributed by atoms with van der Waals surface area (Å²) in [5.41, 5.74) is 7.09. The van der Waals surface area contributed by atoms with Crippen molar-refractivity contribution in [1.29, 1.82) is 0 Å². The highest BCUT2D eigenvalue weighted by molar-refractivity contribution is 5.85. The van der Waals surface area contributed by atoms with Gasteiger partial charge in [-0.05, 0) is 48.2 Å². The largest absolute Gasteiger partial charge is 0.511 e. The third-order valence-electron chi connectivity index (χ3n) is 6.37. The van der Waals surface area contributed by atoms with Gasteiger partial charge in [0.1, 0.15) is 17.4 Å². The van der Waals surface area contributed by atoms with E-state index in [2.05, 4.69) is 47.7 Å². The summed E-state index contributed by atoms with van der Waals surface area (Å²) >= 11 is 0. The van der Waals surface area contributed by atoms with Crippen molar-refractivity contribution in [2.75, 3.05) is 0 Å². The molecule has 1 N–H and O–H groups in total. The number of para-hydroxylation sites is 1. The average molecular weight is 481 g/mol. The molecule has 0 aliphatic rings. The van der Waals surface area contributed by atoms with Crippen LogP contribution in [-0.2, 0) is 20.0 Å². The zero-order valence-electron chi connectivity index (χ0n) is 20.6. The summed E-state index contributed by atoms with van der Waals surface area (Å²) in [5, 5.41) is 9.06. The van der Waals surface area contributed by atoms with Crippen LogP contribution in [0.4, 0.5) is 4.79 Å². The maximum absolute atomic E-state index is 11.1. The highest BCUT2D eigenvalue weighted by atomic mass is 16.7. The number of carbonyl (C=O) groups is 1. The first-order chi connectivity index (χ1) is 17.4. The Balaban J connectivity index is 1.53. The summed E-state index contributed by atoms with van der Waals surface area (Å²) in [4.78, 5) is 20.6. The summed E-state index contributed by atoms with van der Waals surface area (Å²) in [6.07, 6.45) is 4.35. The predicted molar refractivity (Wildman–Crippen MR) is 140 cm³/mol. The summed E-state index contributed by atoms with van der Waals surface area (Å²) in [6.45, 7) is 4.96. The number of hydrogen-bond acceptors (Lipinski definition) is 4. The molecule has 0 fully saturated rings. The molecule has 0 aliphatic carbocycles. The van der Waals surface area contributed by atoms with Crippen LogP contribution in [0.25, 0.3) is 33.5 Å². The summed E-state index contributed by atoms with van der Waals surface area (Å²) < 4.78 is 9.29. The van der Waals surface area contributed by atoms with E-state index in [1.54, 1.807) is 12.1 Å². The van der Waals surface area contributed by atoms with Crippen LogP contribution in [0.15, 0.2) is 73.1 Å². The molecule has 7 heteroatoms. The topological polar surface area (TPSA) is 82.2 Å². The SMILES string of the molecule is CCCc1nc2c(C)cc(-c3nccn3C)cc2n1Cc1ccc(-c2ccccc2OC(=O)O)cc1. The van der Waals surface area contributed by atoms with Crippen LogP contribution in [0.2, 0.25) is 0 Å². The minimum absolute atomic E-state index is 0.320. The molecule has 0 unspecified atom stereocenters. The van der Waals surface area contributed by atoms with Gasteiger partial charge in [0.15, 0.2) is 0 Å². The quantitative estimate of drug-likeness (QED) is 0.213. The van der Waals surface area contributed by atoms with Gasteiger partial charge in [0.2, 0.25) is 0 Å². The molecule has 0 saturated carbocycles. The monoisotopic (exact) mass is 480 g/mol. The van der Waals surface area contributed by atoms with Crippen molar-refractivity contribution in [3.8, 4) is 28.3 Å². The standard InChI is InChI=1S/C29H28N4O3/c1-4-7-26-31-27-19(2)16-22(28-30-14-15-32(28)3)17-24(27)33(26)18-20-10-12-21(13-11-20)23-8-5-6-9-25(23)36-29(34)35/h5-6,8-17H,4,7,18H2,1-3H3,(H,34,35). The van der Waals surface area contributed by atoms with Gasteiger partial charge < -0.3 is 19.0 Å². The fourth-order valence-electron chi connectivity index (χ4n) is 4.66. The second kappa shape index (κ2) is 9.70. The molecule has 182 valence electrons. The molecular formula is C29H28N4O3. The number of imidazole rings is 2. The lowest BCUT2D eigenvalue weighted by atomic mass is 10.0. The number of aromatic nitrogens is 4. The predicted octanol–water partition coefficient (Wildman–Crippen LogP) is 6.47. The molecule has 0 spiro atoms. The van der Waals surface area contributed by atoms with Crippen molar-refractivity contribution >= 4 is 17.2 Å². The van der Waals surface area contributed by atoms with Gasteiger partial charge in [-0.1, -0.05) is 49.4 Å². The van der Waals surface area contributed by atoms with Crippen LogP contribution in [0, 0.1) is 6.92 Å². The van der Waals surface area contributed by atoms with Gasteiger partial charge in [-0.2, -0.15) is 0 Å². The van der Waals surface area contributed by atoms with E-state index in [0.717, 1.165) is 63.3 Å². The third-order valence-corrected chi connectivity index (χ3v) is 6.37. The first-order valence-electron chi connectivity index (χ1n) is 12.0. The first-order valence-corrected chi connectivity index (χ1v) is 12.0. The number of carboxylic acid groups (broad SMARTS) is 1. The van der Waals surface area contributed by atoms with Crippen LogP contribution in [0.5, 0.6) is 5.75 Å². The third kappa shape index (κ3) is 4.47. The van der Waals surface area contributed by atoms with Crippen LogP contribution >= 0.6 is 0 Å². The molecule has 7 nitrogen and oxygen atoms in total. The van der Waals surface area contributed by atoms with Crippen molar-refractivity contribution in [2.24, 2.45) is 7.05 Å². The molecule has 5 rings (SSSR count). The minimum atomic E-state index is -1.32. The molecule has 36 heavy (non-hydrogen) atoms. The number of benzene rings is 3. The van der Waals surface area contributed by atoms with Crippen molar-refractivity contribution in [3.63, 3.8) is 0 Å². The van der Waals surface area contributed by atoms with Crippen molar-refractivity contribution < 1.29 is 14.6 Å². The van der Waals surface area contributed by atoms with Gasteiger partial charge >= 0.3 is 6.16 Å². The zero-order chi connectivity index (χ0) is 25.2. The number of aryl methyl sites for hydroxylation is 3. The Morgan fingerprint density at radius 3 is 2.53 bits per heavy atom. The van der Waals surface area contributed by atoms with Gasteiger partial charge in [0, 0.05) is 43.5 Å². The van der Waals surface area contributed by atoms with Gasteiger partial charge in [-0.25, -0.2) is 14.8 Å². The Morgan fingerprint density at radius 2 is 1.83 bits per heavy atom. The van der Waals surface area contributed by atoms with E-state index in [-0.39, 0.29) is 0 Å². The van der Waals surface area contributed by atoms with Crippen LogP contribution in [0.1, 0.15) is 30.3 Å². The van der Waals surface area contributed by atoms with E-state index in [0.29, 0.717) is 12.3 Å². The summed E-state index contributed by atoms with van der Waals surface area (Å²) in [6, 6.07) is 19.6. The molecule has 2 aromatic heterocycles. The molecule has 0 radical (unpaired) electrons. The van der Waals surface area contributed by atoms with Crippen LogP contribution in [0.3, 0.4) is 0 Å². The smallest absolute Gasteiger partial charge is 0.449 e. The average Bonchev–Trinajstić information content (AvgIpc) is 3.44. The van der Waals surface area contributed by atoms with Gasteiger partial charge in [-0.15, -0.1) is 0 Å². The molecule has 0 saturated heterocycles. The molecule has 2 heterocycles. The number of ether oxygens (including phenoxy) is 1. The molecular weight excluding hydrogens is 452 g/mol. The highest BCUT2D eigenvalue weighted by Crippen LogP contribution is 2.31. The Morgan fingerprint density at radius 1 is 1.06 bits per heavy atom. The number of rotatable bonds is 7. The fourth-order valence-corrected chi connectivity index (χ4v) is 4.66. The number of fused-ring (bicyclic) bond motifs is 1. The lowest BCUT2D eigenvalue weighted by molar-refractivity contribution is 0.144. The van der Waals surface area contributed by atoms with Crippen molar-refractivity contribution in [3.05, 3.63) is 90.0 Å². The molecule has 0 aliphatic heterocycles. The molecule has 5 aromatic rings. The van der Waals surface area contributed by atoms with Gasteiger partial charge in [0.25, 0.3) is 0 Å². The van der Waals surface area contributed by atoms with Gasteiger partial charge in [-0.3, -0.25) is 0 Å². The number of nitrogens with zero attached hydrogens (tertiary/aromatic N) is 4. The first kappa shape index (κ1) is 23.4.